The highest BCUT2D eigenvalue weighted by molar-refractivity contribution is 6.90. The van der Waals surface area contributed by atoms with Crippen molar-refractivity contribution in [1.82, 2.24) is 0 Å². The van der Waals surface area contributed by atoms with Crippen LogP contribution in [0.25, 0.3) is 0 Å². The zero-order valence-electron chi connectivity index (χ0n) is 8.59. The standard InChI is InChI=1S/C10H16O2Si/c1-12-9-7-5-6-8(11)10(9)13(2,3)4/h5-7,11H,1-4H3. The summed E-state index contributed by atoms with van der Waals surface area (Å²) in [5.74, 6) is 1.16. The molecule has 0 unspecified atom stereocenters. The molecule has 0 saturated carbocycles. The van der Waals surface area contributed by atoms with Gasteiger partial charge in [0.1, 0.15) is 11.5 Å². The molecule has 0 bridgehead atoms. The second-order valence-electron chi connectivity index (χ2n) is 4.10. The van der Waals surface area contributed by atoms with Crippen molar-refractivity contribution in [2.45, 2.75) is 19.6 Å². The maximum Gasteiger partial charge on any atom is 0.121 e. The van der Waals surface area contributed by atoms with E-state index in [1.165, 1.54) is 0 Å². The summed E-state index contributed by atoms with van der Waals surface area (Å²) in [4.78, 5) is 0. The molecule has 72 valence electrons. The second-order valence-corrected chi connectivity index (χ2v) is 9.10. The Bertz CT molecular complexity index is 302. The van der Waals surface area contributed by atoms with Crippen LogP contribution in [0.5, 0.6) is 11.5 Å². The van der Waals surface area contributed by atoms with Crippen molar-refractivity contribution in [1.29, 1.82) is 0 Å². The Balaban J connectivity index is 3.32. The topological polar surface area (TPSA) is 29.5 Å². The van der Waals surface area contributed by atoms with Gasteiger partial charge in [0, 0.05) is 5.19 Å². The summed E-state index contributed by atoms with van der Waals surface area (Å²) in [6, 6.07) is 5.42. The van der Waals surface area contributed by atoms with Gasteiger partial charge in [0.15, 0.2) is 0 Å². The van der Waals surface area contributed by atoms with Gasteiger partial charge in [0.25, 0.3) is 0 Å². The number of rotatable bonds is 2. The van der Waals surface area contributed by atoms with E-state index in [1.54, 1.807) is 19.2 Å². The van der Waals surface area contributed by atoms with Crippen LogP contribution in [0.3, 0.4) is 0 Å². The summed E-state index contributed by atoms with van der Waals surface area (Å²) in [6.07, 6.45) is 0. The number of aromatic hydroxyl groups is 1. The first-order valence-corrected chi connectivity index (χ1v) is 7.83. The third-order valence-electron chi connectivity index (χ3n) is 1.97. The zero-order chi connectivity index (χ0) is 10.1. The molecule has 1 aromatic carbocycles. The molecule has 0 saturated heterocycles. The molecule has 0 aromatic heterocycles. The van der Waals surface area contributed by atoms with Gasteiger partial charge in [-0.3, -0.25) is 0 Å². The molecule has 0 aliphatic rings. The lowest BCUT2D eigenvalue weighted by Crippen LogP contribution is -2.38. The summed E-state index contributed by atoms with van der Waals surface area (Å²) in [7, 11) is 0.119. The Morgan fingerprint density at radius 1 is 1.23 bits per heavy atom. The number of hydrogen-bond donors (Lipinski definition) is 1. The number of hydrogen-bond acceptors (Lipinski definition) is 2. The smallest absolute Gasteiger partial charge is 0.121 e. The van der Waals surface area contributed by atoms with Gasteiger partial charge in [0.05, 0.1) is 15.2 Å². The van der Waals surface area contributed by atoms with Crippen molar-refractivity contribution < 1.29 is 9.84 Å². The molecule has 0 aliphatic carbocycles. The van der Waals surface area contributed by atoms with Crippen LogP contribution in [-0.2, 0) is 0 Å². The monoisotopic (exact) mass is 196 g/mol. The Hall–Kier alpha value is -0.963. The number of methoxy groups -OCH3 is 1. The lowest BCUT2D eigenvalue weighted by atomic mass is 10.3. The molecule has 1 rings (SSSR count). The minimum atomic E-state index is -1.52. The predicted octanol–water partition coefficient (Wildman–Crippen LogP) is 1.95. The quantitative estimate of drug-likeness (QED) is 0.733. The first kappa shape index (κ1) is 10.1. The average Bonchev–Trinajstić information content (AvgIpc) is 2.01. The zero-order valence-corrected chi connectivity index (χ0v) is 9.59. The van der Waals surface area contributed by atoms with Crippen molar-refractivity contribution in [2.75, 3.05) is 7.11 Å². The van der Waals surface area contributed by atoms with Crippen LogP contribution in [-0.4, -0.2) is 20.3 Å². The Morgan fingerprint density at radius 3 is 2.23 bits per heavy atom. The molecule has 0 amide bonds. The van der Waals surface area contributed by atoms with Gasteiger partial charge >= 0.3 is 0 Å². The molecule has 0 radical (unpaired) electrons. The summed E-state index contributed by atoms with van der Waals surface area (Å²) in [5, 5.41) is 10.7. The van der Waals surface area contributed by atoms with E-state index in [2.05, 4.69) is 19.6 Å². The van der Waals surface area contributed by atoms with E-state index in [1.807, 2.05) is 6.07 Å². The summed E-state index contributed by atoms with van der Waals surface area (Å²) in [6.45, 7) is 6.56. The lowest BCUT2D eigenvalue weighted by Gasteiger charge is -2.20. The molecule has 2 nitrogen and oxygen atoms in total. The third-order valence-corrected chi connectivity index (χ3v) is 3.98. The van der Waals surface area contributed by atoms with E-state index in [9.17, 15) is 5.11 Å². The summed E-state index contributed by atoms with van der Waals surface area (Å²) >= 11 is 0. The summed E-state index contributed by atoms with van der Waals surface area (Å²) < 4.78 is 5.23. The van der Waals surface area contributed by atoms with E-state index < -0.39 is 8.07 Å². The highest BCUT2D eigenvalue weighted by Crippen LogP contribution is 2.20. The van der Waals surface area contributed by atoms with Crippen LogP contribution in [0.4, 0.5) is 0 Å². The maximum absolute atomic E-state index is 9.71. The molecule has 1 aromatic rings. The largest absolute Gasteiger partial charge is 0.508 e. The SMILES string of the molecule is COc1cccc(O)c1[Si](C)(C)C. The van der Waals surface area contributed by atoms with Gasteiger partial charge in [-0.05, 0) is 12.1 Å². The number of phenolic OH excluding ortho intramolecular Hbond substituents is 1. The second kappa shape index (κ2) is 3.42. The number of ether oxygens (including phenoxy) is 1. The molecule has 3 heteroatoms. The molecule has 0 spiro atoms. The lowest BCUT2D eigenvalue weighted by molar-refractivity contribution is 0.412. The minimum Gasteiger partial charge on any atom is -0.508 e. The van der Waals surface area contributed by atoms with Gasteiger partial charge in [-0.25, -0.2) is 0 Å². The minimum absolute atomic E-state index is 0.360. The highest BCUT2D eigenvalue weighted by Gasteiger charge is 2.24. The van der Waals surface area contributed by atoms with Gasteiger partial charge in [-0.1, -0.05) is 25.7 Å². The molecule has 0 heterocycles. The first-order chi connectivity index (χ1) is 5.96. The fourth-order valence-corrected chi connectivity index (χ4v) is 3.22. The van der Waals surface area contributed by atoms with Gasteiger partial charge in [-0.2, -0.15) is 0 Å². The van der Waals surface area contributed by atoms with Crippen molar-refractivity contribution in [3.05, 3.63) is 18.2 Å². The fraction of sp³-hybridized carbons (Fsp3) is 0.400. The van der Waals surface area contributed by atoms with E-state index >= 15 is 0 Å². The van der Waals surface area contributed by atoms with Gasteiger partial charge < -0.3 is 9.84 Å². The van der Waals surface area contributed by atoms with Crippen LogP contribution < -0.4 is 9.92 Å². The van der Waals surface area contributed by atoms with E-state index in [0.29, 0.717) is 5.75 Å². The van der Waals surface area contributed by atoms with Crippen LogP contribution in [0, 0.1) is 0 Å². The highest BCUT2D eigenvalue weighted by atomic mass is 28.3. The van der Waals surface area contributed by atoms with Crippen LogP contribution in [0.2, 0.25) is 19.6 Å². The van der Waals surface area contributed by atoms with Crippen LogP contribution >= 0.6 is 0 Å². The van der Waals surface area contributed by atoms with Gasteiger partial charge in [-0.15, -0.1) is 0 Å². The Morgan fingerprint density at radius 2 is 1.85 bits per heavy atom. The Labute approximate surface area is 80.2 Å². The first-order valence-electron chi connectivity index (χ1n) is 4.33. The molecular weight excluding hydrogens is 180 g/mol. The van der Waals surface area contributed by atoms with E-state index in [0.717, 1.165) is 10.9 Å². The fourth-order valence-electron chi connectivity index (χ4n) is 1.44. The van der Waals surface area contributed by atoms with Gasteiger partial charge in [0.2, 0.25) is 0 Å². The van der Waals surface area contributed by atoms with Crippen LogP contribution in [0.1, 0.15) is 0 Å². The third kappa shape index (κ3) is 2.04. The van der Waals surface area contributed by atoms with Crippen molar-refractivity contribution in [3.63, 3.8) is 0 Å². The maximum atomic E-state index is 9.71. The molecule has 0 aliphatic heterocycles. The average molecular weight is 196 g/mol. The molecule has 0 fully saturated rings. The van der Waals surface area contributed by atoms with Crippen molar-refractivity contribution in [2.24, 2.45) is 0 Å². The molecular formula is C10H16O2Si. The van der Waals surface area contributed by atoms with E-state index in [4.69, 9.17) is 4.74 Å². The Kier molecular flexibility index (Phi) is 2.66. The van der Waals surface area contributed by atoms with Crippen LogP contribution in [0.15, 0.2) is 18.2 Å². The number of phenols is 1. The molecule has 13 heavy (non-hydrogen) atoms. The predicted molar refractivity (Wildman–Crippen MR) is 57.6 cm³/mol. The number of benzene rings is 1. The van der Waals surface area contributed by atoms with E-state index in [-0.39, 0.29) is 0 Å². The molecule has 0 atom stereocenters. The van der Waals surface area contributed by atoms with Crippen molar-refractivity contribution >= 4 is 13.3 Å². The summed E-state index contributed by atoms with van der Waals surface area (Å²) in [5.41, 5.74) is 0. The van der Waals surface area contributed by atoms with Crippen molar-refractivity contribution in [3.8, 4) is 11.5 Å². The normalized spacial score (nSPS) is 11.4. The molecule has 1 N–H and O–H groups in total.